The molecule has 104 valence electrons. The minimum atomic E-state index is -0.614. The second kappa shape index (κ2) is 6.54. The molecule has 0 aliphatic carbocycles. The van der Waals surface area contributed by atoms with Gasteiger partial charge in [0.2, 0.25) is 0 Å². The zero-order valence-corrected chi connectivity index (χ0v) is 12.3. The van der Waals surface area contributed by atoms with Crippen LogP contribution < -0.4 is 10.1 Å². The fourth-order valence-corrected chi connectivity index (χ4v) is 2.61. The number of rotatable bonds is 4. The fraction of sp³-hybridized carbons (Fsp3) is 0.417. The molecule has 1 aliphatic rings. The average molecular weight is 353 g/mol. The number of carbonyl (C=O) groups is 1. The average Bonchev–Trinajstić information content (AvgIpc) is 2.80. The molecule has 0 radical (unpaired) electrons. The smallest absolute Gasteiger partial charge is 0.258 e. The van der Waals surface area contributed by atoms with Gasteiger partial charge < -0.3 is 14.8 Å². The van der Waals surface area contributed by atoms with E-state index in [2.05, 4.69) is 21.2 Å². The van der Waals surface area contributed by atoms with E-state index < -0.39 is 5.82 Å². The Morgan fingerprint density at radius 1 is 1.63 bits per heavy atom. The van der Waals surface area contributed by atoms with Crippen LogP contribution in [-0.2, 0) is 9.53 Å². The Morgan fingerprint density at radius 3 is 3.05 bits per heavy atom. The summed E-state index contributed by atoms with van der Waals surface area (Å²) in [5, 5.41) is 3.00. The highest BCUT2D eigenvalue weighted by atomic mass is 79.9. The van der Waals surface area contributed by atoms with Crippen molar-refractivity contribution in [1.82, 2.24) is 5.32 Å². The second-order valence-electron chi connectivity index (χ2n) is 4.12. The van der Waals surface area contributed by atoms with Gasteiger partial charge in [0.15, 0.2) is 18.2 Å². The lowest BCUT2D eigenvalue weighted by molar-refractivity contribution is -0.123. The molecule has 0 bridgehead atoms. The summed E-state index contributed by atoms with van der Waals surface area (Å²) in [5.74, 6) is -0.949. The molecule has 19 heavy (non-hydrogen) atoms. The van der Waals surface area contributed by atoms with Crippen LogP contribution in [0.4, 0.5) is 4.39 Å². The molecule has 1 aromatic rings. The number of nitrogens with one attached hydrogen (secondary N) is 1. The van der Waals surface area contributed by atoms with E-state index in [1.54, 1.807) is 0 Å². The van der Waals surface area contributed by atoms with Crippen molar-refractivity contribution in [3.63, 3.8) is 0 Å². The zero-order chi connectivity index (χ0) is 13.8. The summed E-state index contributed by atoms with van der Waals surface area (Å²) in [6, 6.07) is 2.64. The second-order valence-corrected chi connectivity index (χ2v) is 5.41. The van der Waals surface area contributed by atoms with Gasteiger partial charge in [-0.3, -0.25) is 4.79 Å². The highest BCUT2D eigenvalue weighted by Crippen LogP contribution is 2.31. The number of ether oxygens (including phenoxy) is 2. The van der Waals surface area contributed by atoms with E-state index in [0.717, 1.165) is 12.5 Å². The first kappa shape index (κ1) is 14.6. The topological polar surface area (TPSA) is 47.6 Å². The van der Waals surface area contributed by atoms with Crippen molar-refractivity contribution in [2.45, 2.75) is 12.5 Å². The molecule has 1 aromatic carbocycles. The first-order valence-electron chi connectivity index (χ1n) is 5.70. The third-order valence-electron chi connectivity index (χ3n) is 2.61. The summed E-state index contributed by atoms with van der Waals surface area (Å²) >= 11 is 8.81. The Hall–Kier alpha value is -0.850. The van der Waals surface area contributed by atoms with Gasteiger partial charge in [-0.25, -0.2) is 4.39 Å². The molecule has 1 heterocycles. The Morgan fingerprint density at radius 2 is 2.42 bits per heavy atom. The Labute approximate surface area is 123 Å². The first-order chi connectivity index (χ1) is 9.06. The maximum atomic E-state index is 13.6. The standard InChI is InChI=1S/C12H12BrClFNO3/c13-9-3-7(14)4-10(15)12(9)19-6-11(17)16-8-1-2-18-5-8/h3-4,8H,1-2,5-6H2,(H,16,17). The lowest BCUT2D eigenvalue weighted by atomic mass is 10.2. The largest absolute Gasteiger partial charge is 0.480 e. The third-order valence-corrected chi connectivity index (χ3v) is 3.41. The number of carbonyl (C=O) groups excluding carboxylic acids is 1. The third kappa shape index (κ3) is 4.06. The predicted molar refractivity (Wildman–Crippen MR) is 72.0 cm³/mol. The van der Waals surface area contributed by atoms with Gasteiger partial charge in [-0.1, -0.05) is 11.6 Å². The first-order valence-corrected chi connectivity index (χ1v) is 6.88. The van der Waals surface area contributed by atoms with Gasteiger partial charge in [0.05, 0.1) is 17.1 Å². The van der Waals surface area contributed by atoms with Crippen LogP contribution in [-0.4, -0.2) is 31.8 Å². The Bertz CT molecular complexity index is 457. The van der Waals surface area contributed by atoms with Gasteiger partial charge in [0.25, 0.3) is 5.91 Å². The zero-order valence-electron chi connectivity index (χ0n) is 9.92. The van der Waals surface area contributed by atoms with Crippen LogP contribution in [0.5, 0.6) is 5.75 Å². The highest BCUT2D eigenvalue weighted by molar-refractivity contribution is 9.10. The maximum Gasteiger partial charge on any atom is 0.258 e. The fourth-order valence-electron chi connectivity index (χ4n) is 1.72. The molecule has 1 atom stereocenters. The lowest BCUT2D eigenvalue weighted by Gasteiger charge is -2.12. The van der Waals surface area contributed by atoms with Crippen LogP contribution in [0, 0.1) is 5.82 Å². The minimum absolute atomic E-state index is 0.00889. The van der Waals surface area contributed by atoms with E-state index in [-0.39, 0.29) is 29.3 Å². The summed E-state index contributed by atoms with van der Waals surface area (Å²) in [4.78, 5) is 11.6. The summed E-state index contributed by atoms with van der Waals surface area (Å²) in [6.45, 7) is 0.890. The molecule has 2 rings (SSSR count). The highest BCUT2D eigenvalue weighted by Gasteiger charge is 2.18. The van der Waals surface area contributed by atoms with Gasteiger partial charge >= 0.3 is 0 Å². The molecule has 1 fully saturated rings. The van der Waals surface area contributed by atoms with Crippen molar-refractivity contribution in [3.05, 3.63) is 27.4 Å². The van der Waals surface area contributed by atoms with Crippen molar-refractivity contribution < 1.29 is 18.7 Å². The minimum Gasteiger partial charge on any atom is -0.480 e. The summed E-state index contributed by atoms with van der Waals surface area (Å²) < 4.78 is 24.2. The van der Waals surface area contributed by atoms with Crippen molar-refractivity contribution >= 4 is 33.4 Å². The number of benzene rings is 1. The summed E-state index contributed by atoms with van der Waals surface area (Å²) in [6.07, 6.45) is 0.782. The molecular formula is C12H12BrClFNO3. The maximum absolute atomic E-state index is 13.6. The summed E-state index contributed by atoms with van der Waals surface area (Å²) in [5.41, 5.74) is 0. The van der Waals surface area contributed by atoms with Crippen molar-refractivity contribution in [3.8, 4) is 5.75 Å². The number of hydrogen-bond donors (Lipinski definition) is 1. The van der Waals surface area contributed by atoms with Crippen LogP contribution in [0.15, 0.2) is 16.6 Å². The molecule has 0 spiro atoms. The van der Waals surface area contributed by atoms with Gasteiger partial charge in [0.1, 0.15) is 0 Å². The molecule has 1 unspecified atom stereocenters. The quantitative estimate of drug-likeness (QED) is 0.906. The lowest BCUT2D eigenvalue weighted by Crippen LogP contribution is -2.38. The van der Waals surface area contributed by atoms with Gasteiger partial charge in [-0.15, -0.1) is 0 Å². The molecule has 0 aromatic heterocycles. The molecule has 0 saturated carbocycles. The van der Waals surface area contributed by atoms with Crippen molar-refractivity contribution in [2.24, 2.45) is 0 Å². The molecule has 1 amide bonds. The van der Waals surface area contributed by atoms with Gasteiger partial charge in [0, 0.05) is 11.6 Å². The van der Waals surface area contributed by atoms with Crippen LogP contribution >= 0.6 is 27.5 Å². The van der Waals surface area contributed by atoms with E-state index in [0.29, 0.717) is 17.7 Å². The number of amides is 1. The molecule has 7 heteroatoms. The normalized spacial score (nSPS) is 18.4. The van der Waals surface area contributed by atoms with E-state index in [4.69, 9.17) is 21.1 Å². The predicted octanol–water partition coefficient (Wildman–Crippen LogP) is 2.53. The monoisotopic (exact) mass is 351 g/mol. The summed E-state index contributed by atoms with van der Waals surface area (Å²) in [7, 11) is 0. The number of hydrogen-bond acceptors (Lipinski definition) is 3. The van der Waals surface area contributed by atoms with Crippen LogP contribution in [0.2, 0.25) is 5.02 Å². The molecule has 1 N–H and O–H groups in total. The van der Waals surface area contributed by atoms with Gasteiger partial charge in [-0.05, 0) is 34.5 Å². The molecular weight excluding hydrogens is 340 g/mol. The molecule has 4 nitrogen and oxygen atoms in total. The number of halogens is 3. The van der Waals surface area contributed by atoms with E-state index in [1.165, 1.54) is 6.07 Å². The van der Waals surface area contributed by atoms with E-state index in [9.17, 15) is 9.18 Å². The van der Waals surface area contributed by atoms with Crippen LogP contribution in [0.1, 0.15) is 6.42 Å². The molecule has 1 aliphatic heterocycles. The van der Waals surface area contributed by atoms with Crippen LogP contribution in [0.3, 0.4) is 0 Å². The molecule has 1 saturated heterocycles. The van der Waals surface area contributed by atoms with Crippen molar-refractivity contribution in [2.75, 3.05) is 19.8 Å². The van der Waals surface area contributed by atoms with E-state index in [1.807, 2.05) is 0 Å². The van der Waals surface area contributed by atoms with Crippen molar-refractivity contribution in [1.29, 1.82) is 0 Å². The van der Waals surface area contributed by atoms with Crippen LogP contribution in [0.25, 0.3) is 0 Å². The Kier molecular flexibility index (Phi) is 5.01. The van der Waals surface area contributed by atoms with E-state index >= 15 is 0 Å². The Balaban J connectivity index is 1.89. The SMILES string of the molecule is O=C(COc1c(F)cc(Cl)cc1Br)NC1CCOC1. The van der Waals surface area contributed by atoms with Gasteiger partial charge in [-0.2, -0.15) is 0 Å².